The van der Waals surface area contributed by atoms with E-state index in [1.807, 2.05) is 12.1 Å². The first-order valence-electron chi connectivity index (χ1n) is 7.48. The van der Waals surface area contributed by atoms with E-state index in [1.54, 1.807) is 18.2 Å². The summed E-state index contributed by atoms with van der Waals surface area (Å²) in [4.78, 5) is 0.216. The molecule has 0 saturated heterocycles. The van der Waals surface area contributed by atoms with Crippen molar-refractivity contribution in [2.75, 3.05) is 4.72 Å². The van der Waals surface area contributed by atoms with Crippen molar-refractivity contribution in [2.24, 2.45) is 0 Å². The van der Waals surface area contributed by atoms with Crippen molar-refractivity contribution >= 4 is 38.9 Å². The molecule has 0 aliphatic heterocycles. The lowest BCUT2D eigenvalue weighted by atomic mass is 10.1. The summed E-state index contributed by atoms with van der Waals surface area (Å²) in [6, 6.07) is 11.5. The molecule has 2 aromatic rings. The lowest BCUT2D eigenvalue weighted by molar-refractivity contribution is 0.601. The van der Waals surface area contributed by atoms with Gasteiger partial charge in [0.05, 0.1) is 10.6 Å². The second kappa shape index (κ2) is 8.04. The normalized spacial score (nSPS) is 11.4. The number of nitrogens with one attached hydrogen (secondary N) is 1. The van der Waals surface area contributed by atoms with E-state index in [0.29, 0.717) is 15.7 Å². The summed E-state index contributed by atoms with van der Waals surface area (Å²) in [6.45, 7) is 2.16. The first-order valence-corrected chi connectivity index (χ1v) is 9.72. The van der Waals surface area contributed by atoms with E-state index in [-0.39, 0.29) is 4.90 Å². The second-order valence-electron chi connectivity index (χ2n) is 5.36. The Balaban J connectivity index is 2.12. The van der Waals surface area contributed by atoms with Crippen molar-refractivity contribution in [3.8, 4) is 0 Å². The highest BCUT2D eigenvalue weighted by Gasteiger charge is 2.14. The van der Waals surface area contributed by atoms with Crippen molar-refractivity contribution in [1.29, 1.82) is 0 Å². The van der Waals surface area contributed by atoms with E-state index in [1.165, 1.54) is 25.0 Å². The van der Waals surface area contributed by atoms with Gasteiger partial charge in [0.25, 0.3) is 10.0 Å². The van der Waals surface area contributed by atoms with E-state index in [0.717, 1.165) is 18.4 Å². The molecule has 3 nitrogen and oxygen atoms in total. The SMILES string of the molecule is CCCCCc1ccc(S(=O)(=O)Nc2cc(Cl)cc(Cl)c2)cc1. The van der Waals surface area contributed by atoms with Crippen LogP contribution in [0.2, 0.25) is 10.0 Å². The van der Waals surface area contributed by atoms with Gasteiger partial charge in [-0.1, -0.05) is 55.1 Å². The molecule has 6 heteroatoms. The Morgan fingerprint density at radius 2 is 1.57 bits per heavy atom. The molecule has 2 rings (SSSR count). The third-order valence-corrected chi connectivity index (χ3v) is 5.25. The zero-order valence-electron chi connectivity index (χ0n) is 12.9. The van der Waals surface area contributed by atoms with Crippen LogP contribution in [0.5, 0.6) is 0 Å². The van der Waals surface area contributed by atoms with E-state index in [9.17, 15) is 8.42 Å². The van der Waals surface area contributed by atoms with E-state index in [2.05, 4.69) is 11.6 Å². The van der Waals surface area contributed by atoms with Crippen LogP contribution >= 0.6 is 23.2 Å². The first-order chi connectivity index (χ1) is 10.9. The van der Waals surface area contributed by atoms with Gasteiger partial charge in [0.15, 0.2) is 0 Å². The molecular weight excluding hydrogens is 353 g/mol. The van der Waals surface area contributed by atoms with Crippen molar-refractivity contribution in [2.45, 2.75) is 37.5 Å². The number of anilines is 1. The van der Waals surface area contributed by atoms with Crippen LogP contribution in [0.1, 0.15) is 31.7 Å². The summed E-state index contributed by atoms with van der Waals surface area (Å²) in [5, 5.41) is 0.753. The van der Waals surface area contributed by atoms with Gasteiger partial charge in [0, 0.05) is 10.0 Å². The summed E-state index contributed by atoms with van der Waals surface area (Å²) >= 11 is 11.8. The molecular formula is C17H19Cl2NO2S. The average molecular weight is 372 g/mol. The highest BCUT2D eigenvalue weighted by molar-refractivity contribution is 7.92. The molecule has 0 fully saturated rings. The van der Waals surface area contributed by atoms with Crippen LogP contribution in [0.25, 0.3) is 0 Å². The lowest BCUT2D eigenvalue weighted by Gasteiger charge is -2.09. The van der Waals surface area contributed by atoms with Gasteiger partial charge < -0.3 is 0 Å². The summed E-state index contributed by atoms with van der Waals surface area (Å²) < 4.78 is 27.3. The Kier molecular flexibility index (Phi) is 6.33. The van der Waals surface area contributed by atoms with Crippen LogP contribution in [-0.4, -0.2) is 8.42 Å². The van der Waals surface area contributed by atoms with Gasteiger partial charge >= 0.3 is 0 Å². The minimum absolute atomic E-state index is 0.216. The van der Waals surface area contributed by atoms with E-state index in [4.69, 9.17) is 23.2 Å². The Morgan fingerprint density at radius 1 is 0.957 bits per heavy atom. The summed E-state index contributed by atoms with van der Waals surface area (Å²) in [6.07, 6.45) is 4.42. The second-order valence-corrected chi connectivity index (χ2v) is 7.92. The van der Waals surface area contributed by atoms with Gasteiger partial charge in [0.1, 0.15) is 0 Å². The van der Waals surface area contributed by atoms with Crippen LogP contribution < -0.4 is 4.72 Å². The predicted octanol–water partition coefficient (Wildman–Crippen LogP) is 5.53. The Labute approximate surface area is 147 Å². The Bertz CT molecular complexity index is 738. The molecule has 23 heavy (non-hydrogen) atoms. The smallest absolute Gasteiger partial charge is 0.261 e. The van der Waals surface area contributed by atoms with Crippen LogP contribution in [-0.2, 0) is 16.4 Å². The number of hydrogen-bond donors (Lipinski definition) is 1. The fraction of sp³-hybridized carbons (Fsp3) is 0.294. The Hall–Kier alpha value is -1.23. The average Bonchev–Trinajstić information content (AvgIpc) is 2.46. The lowest BCUT2D eigenvalue weighted by Crippen LogP contribution is -2.13. The minimum Gasteiger partial charge on any atom is -0.280 e. The van der Waals surface area contributed by atoms with E-state index < -0.39 is 10.0 Å². The minimum atomic E-state index is -3.66. The largest absolute Gasteiger partial charge is 0.280 e. The fourth-order valence-electron chi connectivity index (χ4n) is 2.24. The molecule has 1 N–H and O–H groups in total. The number of aryl methyl sites for hydroxylation is 1. The molecule has 0 aliphatic rings. The molecule has 0 radical (unpaired) electrons. The topological polar surface area (TPSA) is 46.2 Å². The zero-order valence-corrected chi connectivity index (χ0v) is 15.2. The molecule has 0 atom stereocenters. The molecule has 0 unspecified atom stereocenters. The standard InChI is InChI=1S/C17H19Cl2NO2S/c1-2-3-4-5-13-6-8-17(9-7-13)23(21,22)20-16-11-14(18)10-15(19)12-16/h6-12,20H,2-5H2,1H3. The number of halogens is 2. The van der Waals surface area contributed by atoms with Gasteiger partial charge in [-0.15, -0.1) is 0 Å². The number of hydrogen-bond acceptors (Lipinski definition) is 2. The fourth-order valence-corrected chi connectivity index (χ4v) is 3.81. The monoisotopic (exact) mass is 371 g/mol. The van der Waals surface area contributed by atoms with Crippen molar-refractivity contribution in [1.82, 2.24) is 0 Å². The first kappa shape index (κ1) is 18.1. The molecule has 0 bridgehead atoms. The molecule has 2 aromatic carbocycles. The summed E-state index contributed by atoms with van der Waals surface area (Å²) in [5.41, 5.74) is 1.48. The highest BCUT2D eigenvalue weighted by atomic mass is 35.5. The number of benzene rings is 2. The maximum absolute atomic E-state index is 12.4. The van der Waals surface area contributed by atoms with Crippen LogP contribution in [0.4, 0.5) is 5.69 Å². The number of sulfonamides is 1. The highest BCUT2D eigenvalue weighted by Crippen LogP contribution is 2.25. The van der Waals surface area contributed by atoms with Gasteiger partial charge in [-0.3, -0.25) is 4.72 Å². The molecule has 124 valence electrons. The van der Waals surface area contributed by atoms with Crippen molar-refractivity contribution in [3.05, 3.63) is 58.1 Å². The maximum atomic E-state index is 12.4. The molecule has 0 spiro atoms. The van der Waals surface area contributed by atoms with Crippen molar-refractivity contribution in [3.63, 3.8) is 0 Å². The Morgan fingerprint density at radius 3 is 2.13 bits per heavy atom. The molecule has 0 amide bonds. The van der Waals surface area contributed by atoms with Crippen LogP contribution in [0.15, 0.2) is 47.4 Å². The van der Waals surface area contributed by atoms with Gasteiger partial charge in [-0.2, -0.15) is 0 Å². The van der Waals surface area contributed by atoms with Gasteiger partial charge in [-0.05, 0) is 48.7 Å². The molecule has 0 aromatic heterocycles. The number of unbranched alkanes of at least 4 members (excludes halogenated alkanes) is 2. The molecule has 0 heterocycles. The predicted molar refractivity (Wildman–Crippen MR) is 96.9 cm³/mol. The van der Waals surface area contributed by atoms with Gasteiger partial charge in [0.2, 0.25) is 0 Å². The van der Waals surface area contributed by atoms with Crippen LogP contribution in [0, 0.1) is 0 Å². The molecule has 0 aliphatic carbocycles. The maximum Gasteiger partial charge on any atom is 0.261 e. The zero-order chi connectivity index (χ0) is 16.9. The quantitative estimate of drug-likeness (QED) is 0.650. The molecule has 0 saturated carbocycles. The summed E-state index contributed by atoms with van der Waals surface area (Å²) in [7, 11) is -3.66. The third-order valence-electron chi connectivity index (χ3n) is 3.42. The third kappa shape index (κ3) is 5.41. The van der Waals surface area contributed by atoms with Crippen LogP contribution in [0.3, 0.4) is 0 Å². The summed E-state index contributed by atoms with van der Waals surface area (Å²) in [5.74, 6) is 0. The van der Waals surface area contributed by atoms with Crippen molar-refractivity contribution < 1.29 is 8.42 Å². The van der Waals surface area contributed by atoms with Gasteiger partial charge in [-0.25, -0.2) is 8.42 Å². The van der Waals surface area contributed by atoms with E-state index >= 15 is 0 Å². The number of rotatable bonds is 7.